The maximum atomic E-state index is 14.1. The first-order chi connectivity index (χ1) is 21.7. The summed E-state index contributed by atoms with van der Waals surface area (Å²) in [6.45, 7) is 0.0291. The van der Waals surface area contributed by atoms with Crippen molar-refractivity contribution in [2.75, 3.05) is 37.9 Å². The number of hydrogen-bond donors (Lipinski definition) is 1. The van der Waals surface area contributed by atoms with E-state index in [1.165, 1.54) is 10.5 Å². The molecule has 43 heavy (non-hydrogen) atoms. The molecule has 4 aromatic heterocycles. The van der Waals surface area contributed by atoms with E-state index in [1.54, 1.807) is 50.0 Å². The average Bonchev–Trinajstić information content (AvgIpc) is 3.72. The lowest BCUT2D eigenvalue weighted by Gasteiger charge is -2.62. The number of pyridine rings is 1. The topological polar surface area (TPSA) is 131 Å². The Balaban J connectivity index is 1.36. The van der Waals surface area contributed by atoms with Crippen LogP contribution in [0.1, 0.15) is 29.4 Å². The highest BCUT2D eigenvalue weighted by atomic mass is 32.2. The number of amides is 1. The van der Waals surface area contributed by atoms with Gasteiger partial charge in [-0.1, -0.05) is 6.07 Å². The third-order valence-electron chi connectivity index (χ3n) is 9.61. The molecular weight excluding hydrogens is 568 g/mol. The number of hydrogen-bond acceptors (Lipinski definition) is 7. The fourth-order valence-corrected chi connectivity index (χ4v) is 9.06. The Morgan fingerprint density at radius 2 is 1.98 bits per heavy atom. The summed E-state index contributed by atoms with van der Waals surface area (Å²) in [5, 5.41) is 10.1. The number of carbonyl (C=O) groups is 1. The summed E-state index contributed by atoms with van der Waals surface area (Å²) in [4.78, 5) is 24.1. The Morgan fingerprint density at radius 3 is 2.70 bits per heavy atom. The molecule has 1 aliphatic carbocycles. The van der Waals surface area contributed by atoms with Gasteiger partial charge in [0.15, 0.2) is 0 Å². The van der Waals surface area contributed by atoms with Crippen molar-refractivity contribution in [2.24, 2.45) is 19.4 Å². The fraction of sp³-hybridized carbons (Fsp3) is 0.400. The van der Waals surface area contributed by atoms with E-state index in [0.717, 1.165) is 26.8 Å². The Bertz CT molecular complexity index is 2220. The number of nitrogens with zero attached hydrogens (tertiary/aromatic N) is 7. The minimum atomic E-state index is -3.30. The smallest absolute Gasteiger partial charge is 0.241 e. The van der Waals surface area contributed by atoms with Crippen LogP contribution in [-0.4, -0.2) is 81.2 Å². The number of H-pyrrole nitrogens is 1. The molecule has 1 saturated heterocycles. The van der Waals surface area contributed by atoms with E-state index in [-0.39, 0.29) is 17.1 Å². The molecule has 2 aliphatic heterocycles. The second-order valence-electron chi connectivity index (χ2n) is 12.1. The molecule has 1 saturated carbocycles. The lowest BCUT2D eigenvalue weighted by molar-refractivity contribution is -0.139. The van der Waals surface area contributed by atoms with Gasteiger partial charge in [-0.05, 0) is 37.5 Å². The van der Waals surface area contributed by atoms with Gasteiger partial charge in [0.1, 0.15) is 5.65 Å². The first-order valence-corrected chi connectivity index (χ1v) is 15.7. The van der Waals surface area contributed by atoms with Gasteiger partial charge in [-0.3, -0.25) is 14.2 Å². The second kappa shape index (κ2) is 8.44. The van der Waals surface area contributed by atoms with Crippen molar-refractivity contribution in [1.29, 1.82) is 0 Å². The first-order valence-electron chi connectivity index (χ1n) is 15.6. The van der Waals surface area contributed by atoms with Crippen LogP contribution in [-0.2, 0) is 34.3 Å². The number of ether oxygens (including phenoxy) is 1. The Labute approximate surface area is 252 Å². The summed E-state index contributed by atoms with van der Waals surface area (Å²) in [6.07, 6.45) is 6.17. The van der Waals surface area contributed by atoms with E-state index < -0.39 is 22.4 Å². The highest BCUT2D eigenvalue weighted by Crippen LogP contribution is 2.66. The van der Waals surface area contributed by atoms with Gasteiger partial charge >= 0.3 is 0 Å². The maximum Gasteiger partial charge on any atom is 0.241 e. The molecule has 1 amide bonds. The predicted octanol–water partition coefficient (Wildman–Crippen LogP) is 3.19. The molecule has 8 rings (SSSR count). The molecule has 6 heterocycles. The van der Waals surface area contributed by atoms with Crippen LogP contribution in [0.25, 0.3) is 44.3 Å². The lowest BCUT2D eigenvalue weighted by atomic mass is 9.48. The molecule has 0 unspecified atom stereocenters. The highest BCUT2D eigenvalue weighted by Gasteiger charge is 2.68. The average molecular weight is 604 g/mol. The number of methoxy groups -OCH3 is 1. The summed E-state index contributed by atoms with van der Waals surface area (Å²) in [6, 6.07) is 5.50. The van der Waals surface area contributed by atoms with Crippen LogP contribution in [0.15, 0.2) is 36.8 Å². The zero-order valence-corrected chi connectivity index (χ0v) is 25.0. The van der Waals surface area contributed by atoms with Crippen molar-refractivity contribution in [3.63, 3.8) is 0 Å². The van der Waals surface area contributed by atoms with Crippen LogP contribution >= 0.6 is 0 Å². The number of rotatable bonds is 5. The summed E-state index contributed by atoms with van der Waals surface area (Å²) < 4.78 is 58.6. The Hall–Kier alpha value is -4.23. The van der Waals surface area contributed by atoms with Crippen LogP contribution in [0, 0.1) is 5.41 Å². The van der Waals surface area contributed by atoms with Crippen LogP contribution < -0.4 is 9.64 Å². The van der Waals surface area contributed by atoms with Gasteiger partial charge in [-0.15, -0.1) is 5.10 Å². The first kappa shape index (κ1) is 23.3. The number of aromatic nitrogens is 6. The van der Waals surface area contributed by atoms with E-state index in [4.69, 9.17) is 13.8 Å². The summed E-state index contributed by atoms with van der Waals surface area (Å²) in [5.74, 6) is 0.426. The number of aromatic amines is 1. The van der Waals surface area contributed by atoms with Gasteiger partial charge in [-0.2, -0.15) is 5.10 Å². The molecule has 222 valence electrons. The van der Waals surface area contributed by atoms with Gasteiger partial charge in [0.25, 0.3) is 0 Å². The molecule has 0 bridgehead atoms. The van der Waals surface area contributed by atoms with Crippen molar-refractivity contribution in [2.45, 2.75) is 25.2 Å². The summed E-state index contributed by atoms with van der Waals surface area (Å²) >= 11 is 0. The number of likely N-dealkylation sites (N-methyl/N-ethyl adjacent to an activating group) is 1. The Kier molecular flexibility index (Phi) is 4.57. The van der Waals surface area contributed by atoms with Gasteiger partial charge in [0.05, 0.1) is 53.1 Å². The van der Waals surface area contributed by atoms with Gasteiger partial charge in [-0.25, -0.2) is 17.7 Å². The van der Waals surface area contributed by atoms with Crippen LogP contribution in [0.4, 0.5) is 5.69 Å². The molecule has 2 spiro atoms. The molecule has 5 aromatic rings. The van der Waals surface area contributed by atoms with E-state index in [1.807, 2.05) is 18.3 Å². The van der Waals surface area contributed by atoms with E-state index in [2.05, 4.69) is 15.2 Å². The Morgan fingerprint density at radius 1 is 1.19 bits per heavy atom. The number of aryl methyl sites for hydroxylation is 2. The number of fused-ring (bicyclic) bond motifs is 5. The minimum Gasteiger partial charge on any atom is -0.479 e. The zero-order valence-electron chi connectivity index (χ0n) is 27.2. The largest absolute Gasteiger partial charge is 0.479 e. The van der Waals surface area contributed by atoms with Gasteiger partial charge in [0, 0.05) is 71.8 Å². The molecule has 2 fully saturated rings. The molecule has 3 aliphatic rings. The van der Waals surface area contributed by atoms with Crippen LogP contribution in [0.2, 0.25) is 0 Å². The third-order valence-corrected chi connectivity index (χ3v) is 11.4. The van der Waals surface area contributed by atoms with Crippen molar-refractivity contribution in [1.82, 2.24) is 33.8 Å². The fourth-order valence-electron chi connectivity index (χ4n) is 7.75. The number of sulfonamides is 1. The standard InChI is InChI=1S/C30H32N8O4S/c1-6-43(40,41)38-15-29(16-38)13-30(14-29)24-21(36(3)28(30)39)11-31-26-23(24)22(17-7-8-20-18(9-17)10-32-37(20)4)25(33-26)19-12-35(2)34-27(19)42-5/h7-12H,6,13-16H2,1-5H3,(H,31,33)/i4D3. The van der Waals surface area contributed by atoms with E-state index in [9.17, 15) is 13.2 Å². The molecule has 12 nitrogen and oxygen atoms in total. The molecule has 1 aromatic carbocycles. The summed E-state index contributed by atoms with van der Waals surface area (Å²) in [7, 11) is 1.81. The predicted molar refractivity (Wildman–Crippen MR) is 162 cm³/mol. The number of nitrogens with one attached hydrogen (secondary N) is 1. The molecular formula is C30H32N8O4S. The maximum absolute atomic E-state index is 14.1. The lowest BCUT2D eigenvalue weighted by Crippen LogP contribution is -2.69. The molecule has 13 heteroatoms. The van der Waals surface area contributed by atoms with E-state index >= 15 is 0 Å². The summed E-state index contributed by atoms with van der Waals surface area (Å²) in [5.41, 5.74) is 4.48. The van der Waals surface area contributed by atoms with E-state index in [0.29, 0.717) is 65.3 Å². The number of benzene rings is 1. The second-order valence-corrected chi connectivity index (χ2v) is 14.4. The SMILES string of the molecule is [2H]C([2H])([2H])n1ncc2cc(-c3c(-c4cn(C)nc4OC)[nH]c4ncc5c(c34)C3(CC4(CN(S(=O)(=O)CC)C4)C3)C(=O)N5C)ccc21. The monoisotopic (exact) mass is 603 g/mol. The molecule has 0 radical (unpaired) electrons. The number of anilines is 1. The number of carbonyl (C=O) groups excluding carboxylic acids is 1. The zero-order chi connectivity index (χ0) is 32.6. The molecule has 0 atom stereocenters. The minimum absolute atomic E-state index is 0.0266. The van der Waals surface area contributed by atoms with Crippen molar-refractivity contribution < 1.29 is 22.1 Å². The normalized spacial score (nSPS) is 20.3. The van der Waals surface area contributed by atoms with Crippen LogP contribution in [0.3, 0.4) is 0 Å². The van der Waals surface area contributed by atoms with Gasteiger partial charge in [0.2, 0.25) is 21.8 Å². The third kappa shape index (κ3) is 3.37. The van der Waals surface area contributed by atoms with Crippen molar-refractivity contribution in [3.8, 4) is 28.3 Å². The van der Waals surface area contributed by atoms with Crippen molar-refractivity contribution >= 4 is 43.6 Å². The molecule has 1 N–H and O–H groups in total. The van der Waals surface area contributed by atoms with Crippen molar-refractivity contribution in [3.05, 3.63) is 42.4 Å². The quantitative estimate of drug-likeness (QED) is 0.327. The van der Waals surface area contributed by atoms with Gasteiger partial charge < -0.3 is 14.6 Å². The highest BCUT2D eigenvalue weighted by molar-refractivity contribution is 7.89. The van der Waals surface area contributed by atoms with Crippen LogP contribution in [0.5, 0.6) is 5.88 Å².